The van der Waals surface area contributed by atoms with Gasteiger partial charge in [-0.1, -0.05) is 17.7 Å². The van der Waals surface area contributed by atoms with Gasteiger partial charge < -0.3 is 9.84 Å². The quantitative estimate of drug-likeness (QED) is 0.682. The van der Waals surface area contributed by atoms with E-state index in [1.807, 2.05) is 0 Å². The van der Waals surface area contributed by atoms with Crippen molar-refractivity contribution in [3.05, 3.63) is 38.9 Å². The molecule has 1 aliphatic rings. The smallest absolute Gasteiger partial charge is 0.310 e. The second-order valence-electron chi connectivity index (χ2n) is 4.91. The van der Waals surface area contributed by atoms with E-state index >= 15 is 0 Å². The van der Waals surface area contributed by atoms with Gasteiger partial charge in [-0.15, -0.1) is 0 Å². The molecule has 0 unspecified atom stereocenters. The summed E-state index contributed by atoms with van der Waals surface area (Å²) in [5.74, 6) is -0.879. The minimum absolute atomic E-state index is 0.102. The molecule has 0 aliphatic carbocycles. The Morgan fingerprint density at radius 1 is 1.45 bits per heavy atom. The number of hydrogen-bond donors (Lipinski definition) is 1. The number of rotatable bonds is 4. The van der Waals surface area contributed by atoms with E-state index in [-0.39, 0.29) is 17.1 Å². The zero-order valence-electron chi connectivity index (χ0n) is 10.7. The first-order valence-corrected chi connectivity index (χ1v) is 6.56. The molecule has 7 heteroatoms. The number of nitro benzene ring substituents is 1. The molecule has 20 heavy (non-hydrogen) atoms. The average Bonchev–Trinajstić information content (AvgIpc) is 2.41. The summed E-state index contributed by atoms with van der Waals surface area (Å²) in [6.07, 6.45) is 1.08. The number of halogens is 1. The Bertz CT molecular complexity index is 540. The molecule has 108 valence electrons. The van der Waals surface area contributed by atoms with Crippen molar-refractivity contribution in [2.45, 2.75) is 19.3 Å². The van der Waals surface area contributed by atoms with Crippen molar-refractivity contribution >= 4 is 23.3 Å². The molecule has 0 amide bonds. The van der Waals surface area contributed by atoms with Crippen molar-refractivity contribution in [3.63, 3.8) is 0 Å². The molecule has 1 heterocycles. The van der Waals surface area contributed by atoms with Crippen LogP contribution in [0, 0.1) is 15.5 Å². The molecule has 0 radical (unpaired) electrons. The van der Waals surface area contributed by atoms with E-state index in [1.165, 1.54) is 18.2 Å². The third-order valence-corrected chi connectivity index (χ3v) is 4.03. The molecule has 0 atom stereocenters. The number of nitrogens with zero attached hydrogens (tertiary/aromatic N) is 1. The third kappa shape index (κ3) is 2.91. The van der Waals surface area contributed by atoms with Crippen LogP contribution in [0.1, 0.15) is 18.4 Å². The van der Waals surface area contributed by atoms with Gasteiger partial charge >= 0.3 is 5.97 Å². The minimum atomic E-state index is -0.905. The molecule has 1 aliphatic heterocycles. The van der Waals surface area contributed by atoms with Gasteiger partial charge in [-0.25, -0.2) is 0 Å². The molecule has 0 aromatic heterocycles. The van der Waals surface area contributed by atoms with Crippen LogP contribution in [0.3, 0.4) is 0 Å². The van der Waals surface area contributed by atoms with Gasteiger partial charge in [-0.05, 0) is 24.8 Å². The Kier molecular flexibility index (Phi) is 4.25. The fourth-order valence-corrected chi connectivity index (χ4v) is 2.63. The van der Waals surface area contributed by atoms with Crippen molar-refractivity contribution in [2.24, 2.45) is 5.41 Å². The van der Waals surface area contributed by atoms with Crippen LogP contribution in [0.5, 0.6) is 0 Å². The summed E-state index contributed by atoms with van der Waals surface area (Å²) >= 11 is 6.03. The Morgan fingerprint density at radius 3 is 2.60 bits per heavy atom. The largest absolute Gasteiger partial charge is 0.481 e. The molecular formula is C13H14ClNO5. The van der Waals surface area contributed by atoms with Crippen molar-refractivity contribution in [2.75, 3.05) is 13.2 Å². The lowest BCUT2D eigenvalue weighted by atomic mass is 9.75. The van der Waals surface area contributed by atoms with E-state index in [0.29, 0.717) is 31.6 Å². The highest BCUT2D eigenvalue weighted by Crippen LogP contribution is 2.37. The highest BCUT2D eigenvalue weighted by Gasteiger charge is 2.40. The predicted octanol–water partition coefficient (Wildman–Crippen LogP) is 2.67. The monoisotopic (exact) mass is 299 g/mol. The molecule has 0 bridgehead atoms. The molecule has 1 aromatic rings. The van der Waals surface area contributed by atoms with Gasteiger partial charge in [-0.3, -0.25) is 14.9 Å². The number of carbonyl (C=O) groups is 1. The van der Waals surface area contributed by atoms with Crippen LogP contribution in [-0.4, -0.2) is 29.2 Å². The molecule has 2 rings (SSSR count). The van der Waals surface area contributed by atoms with Gasteiger partial charge in [0.1, 0.15) is 0 Å². The summed E-state index contributed by atoms with van der Waals surface area (Å²) in [5.41, 5.74) is -0.394. The normalized spacial score (nSPS) is 17.6. The van der Waals surface area contributed by atoms with Crippen LogP contribution in [0.2, 0.25) is 5.02 Å². The molecule has 6 nitrogen and oxygen atoms in total. The van der Waals surface area contributed by atoms with Crippen LogP contribution in [-0.2, 0) is 16.0 Å². The standard InChI is InChI=1S/C13H14ClNO5/c14-11-7-10(15(18)19)2-1-9(11)8-13(12(16)17)3-5-20-6-4-13/h1-2,7H,3-6,8H2,(H,16,17). The second-order valence-corrected chi connectivity index (χ2v) is 5.31. The zero-order chi connectivity index (χ0) is 14.8. The fourth-order valence-electron chi connectivity index (χ4n) is 2.39. The van der Waals surface area contributed by atoms with Gasteiger partial charge in [0.25, 0.3) is 5.69 Å². The van der Waals surface area contributed by atoms with Crippen molar-refractivity contribution < 1.29 is 19.6 Å². The summed E-state index contributed by atoms with van der Waals surface area (Å²) in [6, 6.07) is 4.13. The van der Waals surface area contributed by atoms with Crippen LogP contribution in [0.4, 0.5) is 5.69 Å². The number of hydrogen-bond acceptors (Lipinski definition) is 4. The SMILES string of the molecule is O=C(O)C1(Cc2ccc([N+](=O)[O-])cc2Cl)CCOCC1. The van der Waals surface area contributed by atoms with E-state index in [4.69, 9.17) is 16.3 Å². The first-order valence-electron chi connectivity index (χ1n) is 6.19. The molecule has 1 saturated heterocycles. The Morgan fingerprint density at radius 2 is 2.10 bits per heavy atom. The maximum Gasteiger partial charge on any atom is 0.310 e. The maximum absolute atomic E-state index is 11.6. The predicted molar refractivity (Wildman–Crippen MR) is 71.9 cm³/mol. The average molecular weight is 300 g/mol. The van der Waals surface area contributed by atoms with E-state index in [1.54, 1.807) is 0 Å². The van der Waals surface area contributed by atoms with Crippen LogP contribution >= 0.6 is 11.6 Å². The van der Waals surface area contributed by atoms with Gasteiger partial charge in [0, 0.05) is 25.3 Å². The highest BCUT2D eigenvalue weighted by molar-refractivity contribution is 6.31. The van der Waals surface area contributed by atoms with Gasteiger partial charge in [0.05, 0.1) is 15.4 Å². The lowest BCUT2D eigenvalue weighted by molar-refractivity contribution is -0.384. The van der Waals surface area contributed by atoms with E-state index in [2.05, 4.69) is 0 Å². The molecule has 1 aromatic carbocycles. The van der Waals surface area contributed by atoms with Crippen molar-refractivity contribution in [1.29, 1.82) is 0 Å². The molecule has 0 spiro atoms. The lowest BCUT2D eigenvalue weighted by Crippen LogP contribution is -2.39. The van der Waals surface area contributed by atoms with Crippen molar-refractivity contribution in [3.8, 4) is 0 Å². The van der Waals surface area contributed by atoms with Gasteiger partial charge in [0.15, 0.2) is 0 Å². The molecule has 1 fully saturated rings. The maximum atomic E-state index is 11.6. The summed E-state index contributed by atoms with van der Waals surface area (Å²) in [4.78, 5) is 21.7. The summed E-state index contributed by atoms with van der Waals surface area (Å²) in [7, 11) is 0. The zero-order valence-corrected chi connectivity index (χ0v) is 11.4. The van der Waals surface area contributed by atoms with E-state index in [9.17, 15) is 20.0 Å². The fraction of sp³-hybridized carbons (Fsp3) is 0.462. The summed E-state index contributed by atoms with van der Waals surface area (Å²) in [6.45, 7) is 0.799. The van der Waals surface area contributed by atoms with Gasteiger partial charge in [-0.2, -0.15) is 0 Å². The third-order valence-electron chi connectivity index (χ3n) is 3.68. The Balaban J connectivity index is 2.27. The topological polar surface area (TPSA) is 89.7 Å². The van der Waals surface area contributed by atoms with Crippen LogP contribution in [0.25, 0.3) is 0 Å². The van der Waals surface area contributed by atoms with Crippen molar-refractivity contribution in [1.82, 2.24) is 0 Å². The Hall–Kier alpha value is -1.66. The number of carboxylic acid groups (broad SMARTS) is 1. The molecule has 0 saturated carbocycles. The number of aliphatic carboxylic acids is 1. The summed E-state index contributed by atoms with van der Waals surface area (Å²) in [5, 5.41) is 20.4. The van der Waals surface area contributed by atoms with Crippen LogP contribution in [0.15, 0.2) is 18.2 Å². The first-order chi connectivity index (χ1) is 9.44. The van der Waals surface area contributed by atoms with E-state index < -0.39 is 16.3 Å². The number of benzene rings is 1. The minimum Gasteiger partial charge on any atom is -0.481 e. The lowest BCUT2D eigenvalue weighted by Gasteiger charge is -2.33. The first kappa shape index (κ1) is 14.7. The number of nitro groups is 1. The van der Waals surface area contributed by atoms with Crippen LogP contribution < -0.4 is 0 Å². The number of non-ortho nitro benzene ring substituents is 1. The summed E-state index contributed by atoms with van der Waals surface area (Å²) < 4.78 is 5.21. The Labute approximate surface area is 120 Å². The molecular weight excluding hydrogens is 286 g/mol. The highest BCUT2D eigenvalue weighted by atomic mass is 35.5. The van der Waals surface area contributed by atoms with Gasteiger partial charge in [0.2, 0.25) is 0 Å². The molecule has 1 N–H and O–H groups in total. The van der Waals surface area contributed by atoms with E-state index in [0.717, 1.165) is 0 Å². The number of carboxylic acids is 1. The number of ether oxygens (including phenoxy) is 1. The second kappa shape index (κ2) is 5.76.